The zero-order valence-electron chi connectivity index (χ0n) is 11.4. The van der Waals surface area contributed by atoms with Gasteiger partial charge in [-0.05, 0) is 42.4 Å². The maximum atomic E-state index is 11.8. The fourth-order valence-electron chi connectivity index (χ4n) is 3.11. The van der Waals surface area contributed by atoms with Gasteiger partial charge >= 0.3 is 5.97 Å². The van der Waals surface area contributed by atoms with Crippen molar-refractivity contribution >= 4 is 33.4 Å². The van der Waals surface area contributed by atoms with Crippen molar-refractivity contribution in [3.05, 3.63) is 24.3 Å². The van der Waals surface area contributed by atoms with E-state index in [1.807, 2.05) is 24.3 Å². The number of hydrogen-bond donors (Lipinski definition) is 2. The van der Waals surface area contributed by atoms with Crippen LogP contribution in [0.4, 0.5) is 5.00 Å². The Morgan fingerprint density at radius 1 is 1.50 bits per heavy atom. The number of aliphatic carboxylic acids is 1. The van der Waals surface area contributed by atoms with Gasteiger partial charge in [-0.3, -0.25) is 0 Å². The highest BCUT2D eigenvalue weighted by Crippen LogP contribution is 2.38. The topological polar surface area (TPSA) is 62.2 Å². The Kier molecular flexibility index (Phi) is 3.38. The molecule has 1 aromatic heterocycles. The number of nitrogens with one attached hydrogen (secondary N) is 1. The molecule has 4 nitrogen and oxygen atoms in total. The third-order valence-electron chi connectivity index (χ3n) is 4.14. The Morgan fingerprint density at radius 2 is 2.30 bits per heavy atom. The molecule has 0 spiro atoms. The van der Waals surface area contributed by atoms with E-state index in [2.05, 4.69) is 16.6 Å². The van der Waals surface area contributed by atoms with Crippen molar-refractivity contribution in [1.29, 1.82) is 0 Å². The second-order valence-corrected chi connectivity index (χ2v) is 6.52. The number of nitrogens with zero attached hydrogens (tertiary/aromatic N) is 1. The summed E-state index contributed by atoms with van der Waals surface area (Å²) in [5.74, 6) is -0.312. The Bertz CT molecular complexity index is 640. The summed E-state index contributed by atoms with van der Waals surface area (Å²) < 4.78 is 4.38. The fraction of sp³-hybridized carbons (Fsp3) is 0.467. The molecular weight excluding hydrogens is 272 g/mol. The first-order chi connectivity index (χ1) is 9.61. The summed E-state index contributed by atoms with van der Waals surface area (Å²) in [7, 11) is 0. The van der Waals surface area contributed by atoms with Gasteiger partial charge in [0.25, 0.3) is 0 Å². The molecule has 3 rings (SSSR count). The van der Waals surface area contributed by atoms with Crippen molar-refractivity contribution in [2.75, 3.05) is 5.32 Å². The number of carboxylic acid groups (broad SMARTS) is 1. The number of hydrogen-bond acceptors (Lipinski definition) is 4. The molecule has 0 amide bonds. The fourth-order valence-corrected chi connectivity index (χ4v) is 3.97. The molecule has 1 aliphatic carbocycles. The molecule has 0 bridgehead atoms. The minimum Gasteiger partial charge on any atom is -0.480 e. The maximum Gasteiger partial charge on any atom is 0.329 e. The van der Waals surface area contributed by atoms with E-state index in [1.54, 1.807) is 0 Å². The molecule has 106 valence electrons. The zero-order chi connectivity index (χ0) is 14.2. The van der Waals surface area contributed by atoms with Crippen LogP contribution in [0.25, 0.3) is 10.9 Å². The van der Waals surface area contributed by atoms with Crippen molar-refractivity contribution in [1.82, 2.24) is 4.37 Å². The van der Waals surface area contributed by atoms with Gasteiger partial charge in [0.2, 0.25) is 0 Å². The molecule has 1 fully saturated rings. The average molecular weight is 290 g/mol. The second kappa shape index (κ2) is 5.05. The lowest BCUT2D eigenvalue weighted by Gasteiger charge is -2.37. The lowest BCUT2D eigenvalue weighted by Crippen LogP contribution is -2.49. The average Bonchev–Trinajstić information content (AvgIpc) is 2.82. The van der Waals surface area contributed by atoms with Gasteiger partial charge in [0.15, 0.2) is 0 Å². The van der Waals surface area contributed by atoms with Crippen LogP contribution < -0.4 is 5.32 Å². The molecule has 1 heterocycles. The van der Waals surface area contributed by atoms with Crippen LogP contribution >= 0.6 is 11.5 Å². The van der Waals surface area contributed by atoms with E-state index in [-0.39, 0.29) is 0 Å². The van der Waals surface area contributed by atoms with Gasteiger partial charge < -0.3 is 10.4 Å². The van der Waals surface area contributed by atoms with Crippen LogP contribution in [0.5, 0.6) is 0 Å². The summed E-state index contributed by atoms with van der Waals surface area (Å²) in [4.78, 5) is 11.8. The predicted molar refractivity (Wildman–Crippen MR) is 81.2 cm³/mol. The molecule has 0 radical (unpaired) electrons. The second-order valence-electron chi connectivity index (χ2n) is 5.74. The van der Waals surface area contributed by atoms with Crippen LogP contribution in [0.1, 0.15) is 32.6 Å². The number of anilines is 1. The smallest absolute Gasteiger partial charge is 0.329 e. The number of benzene rings is 1. The molecule has 5 heteroatoms. The van der Waals surface area contributed by atoms with E-state index in [1.165, 1.54) is 11.5 Å². The van der Waals surface area contributed by atoms with Crippen LogP contribution in [0.15, 0.2) is 24.3 Å². The summed E-state index contributed by atoms with van der Waals surface area (Å²) in [6, 6.07) is 7.84. The number of carboxylic acids is 1. The van der Waals surface area contributed by atoms with Gasteiger partial charge in [-0.1, -0.05) is 31.9 Å². The highest BCUT2D eigenvalue weighted by Gasteiger charge is 2.42. The molecule has 2 unspecified atom stereocenters. The van der Waals surface area contributed by atoms with Crippen LogP contribution in [0.3, 0.4) is 0 Å². The normalized spacial score (nSPS) is 26.6. The van der Waals surface area contributed by atoms with Crippen molar-refractivity contribution in [2.45, 2.75) is 38.1 Å². The van der Waals surface area contributed by atoms with Crippen LogP contribution in [0, 0.1) is 5.92 Å². The quantitative estimate of drug-likeness (QED) is 0.904. The van der Waals surface area contributed by atoms with E-state index >= 15 is 0 Å². The first-order valence-electron chi connectivity index (χ1n) is 6.97. The predicted octanol–water partition coefficient (Wildman–Crippen LogP) is 3.74. The Labute approximate surface area is 122 Å². The highest BCUT2D eigenvalue weighted by atomic mass is 32.1. The molecule has 1 saturated carbocycles. The molecule has 20 heavy (non-hydrogen) atoms. The molecule has 0 aliphatic heterocycles. The van der Waals surface area contributed by atoms with Crippen molar-refractivity contribution in [3.8, 4) is 0 Å². The number of fused-ring (bicyclic) bond motifs is 1. The number of rotatable bonds is 3. The van der Waals surface area contributed by atoms with E-state index in [9.17, 15) is 9.90 Å². The van der Waals surface area contributed by atoms with Gasteiger partial charge in [0.1, 0.15) is 10.5 Å². The minimum atomic E-state index is -0.840. The largest absolute Gasteiger partial charge is 0.480 e. The van der Waals surface area contributed by atoms with E-state index in [0.29, 0.717) is 18.8 Å². The third kappa shape index (κ3) is 2.26. The van der Waals surface area contributed by atoms with Gasteiger partial charge in [-0.2, -0.15) is 4.37 Å². The maximum absolute atomic E-state index is 11.8. The molecule has 2 N–H and O–H groups in total. The Morgan fingerprint density at radius 3 is 3.05 bits per heavy atom. The van der Waals surface area contributed by atoms with Crippen LogP contribution in [-0.2, 0) is 4.79 Å². The highest BCUT2D eigenvalue weighted by molar-refractivity contribution is 7.11. The summed E-state index contributed by atoms with van der Waals surface area (Å²) in [5.41, 5.74) is 0.0804. The van der Waals surface area contributed by atoms with Gasteiger partial charge in [0.05, 0.1) is 5.52 Å². The summed E-state index contributed by atoms with van der Waals surface area (Å²) >= 11 is 1.35. The van der Waals surface area contributed by atoms with Crippen LogP contribution in [-0.4, -0.2) is 21.0 Å². The van der Waals surface area contributed by atoms with E-state index < -0.39 is 11.5 Å². The molecule has 2 aromatic rings. The first kappa shape index (κ1) is 13.4. The minimum absolute atomic E-state index is 0.437. The van der Waals surface area contributed by atoms with Crippen molar-refractivity contribution in [2.24, 2.45) is 5.92 Å². The molecule has 1 aliphatic rings. The summed E-state index contributed by atoms with van der Waals surface area (Å²) in [5, 5.41) is 14.9. The van der Waals surface area contributed by atoms with Crippen molar-refractivity contribution < 1.29 is 9.90 Å². The Balaban J connectivity index is 1.96. The van der Waals surface area contributed by atoms with Gasteiger partial charge in [-0.15, -0.1) is 0 Å². The Hall–Kier alpha value is -1.62. The summed E-state index contributed by atoms with van der Waals surface area (Å²) in [6.07, 6.45) is 3.42. The lowest BCUT2D eigenvalue weighted by atomic mass is 9.76. The van der Waals surface area contributed by atoms with Gasteiger partial charge in [0, 0.05) is 5.39 Å². The monoisotopic (exact) mass is 290 g/mol. The molecule has 0 saturated heterocycles. The molecule has 1 aromatic carbocycles. The molecular formula is C15H18N2O2S. The first-order valence-corrected chi connectivity index (χ1v) is 7.74. The standard InChI is InChI=1S/C15H18N2O2S/c1-10-5-4-8-15(9-10,14(18)19)16-13-11-6-2-3-7-12(11)17-20-13/h2-3,6-7,10,16H,4-5,8-9H2,1H3,(H,18,19). The van der Waals surface area contributed by atoms with Crippen LogP contribution in [0.2, 0.25) is 0 Å². The number of carbonyl (C=O) groups is 1. The lowest BCUT2D eigenvalue weighted by molar-refractivity contribution is -0.144. The summed E-state index contributed by atoms with van der Waals surface area (Å²) in [6.45, 7) is 2.13. The SMILES string of the molecule is CC1CCCC(Nc2snc3ccccc23)(C(=O)O)C1. The third-order valence-corrected chi connectivity index (χ3v) is 4.94. The number of aromatic nitrogens is 1. The van der Waals surface area contributed by atoms with Crippen molar-refractivity contribution in [3.63, 3.8) is 0 Å². The zero-order valence-corrected chi connectivity index (χ0v) is 12.2. The van der Waals surface area contributed by atoms with E-state index in [0.717, 1.165) is 28.7 Å². The van der Waals surface area contributed by atoms with E-state index in [4.69, 9.17) is 0 Å². The van der Waals surface area contributed by atoms with Gasteiger partial charge in [-0.25, -0.2) is 4.79 Å². The molecule has 2 atom stereocenters.